The standard InChI is InChI=1S/C13H17NO4S/c1-3-9-19(16,17)14-8-7-11(15)10-5-4-6-12(18-2)13(10)14/h4-6H,3,7-9H2,1-2H3. The van der Waals surface area contributed by atoms with Crippen LogP contribution in [0, 0.1) is 0 Å². The number of nitrogens with zero attached hydrogens (tertiary/aromatic N) is 1. The van der Waals surface area contributed by atoms with Crippen LogP contribution in [-0.2, 0) is 10.0 Å². The van der Waals surface area contributed by atoms with Gasteiger partial charge in [-0.25, -0.2) is 8.42 Å². The van der Waals surface area contributed by atoms with Crippen molar-refractivity contribution in [2.45, 2.75) is 19.8 Å². The quantitative estimate of drug-likeness (QED) is 0.845. The van der Waals surface area contributed by atoms with Crippen molar-refractivity contribution in [1.29, 1.82) is 0 Å². The second-order valence-electron chi connectivity index (χ2n) is 4.42. The number of para-hydroxylation sites is 1. The van der Waals surface area contributed by atoms with E-state index in [1.165, 1.54) is 11.4 Å². The number of anilines is 1. The van der Waals surface area contributed by atoms with Gasteiger partial charge in [-0.3, -0.25) is 9.10 Å². The molecule has 0 spiro atoms. The molecule has 6 heteroatoms. The summed E-state index contributed by atoms with van der Waals surface area (Å²) in [5.74, 6) is 0.445. The highest BCUT2D eigenvalue weighted by atomic mass is 32.2. The fraction of sp³-hybridized carbons (Fsp3) is 0.462. The van der Waals surface area contributed by atoms with Crippen molar-refractivity contribution < 1.29 is 17.9 Å². The van der Waals surface area contributed by atoms with Gasteiger partial charge in [0.05, 0.1) is 12.9 Å². The minimum atomic E-state index is -3.40. The molecule has 0 unspecified atom stereocenters. The van der Waals surface area contributed by atoms with Crippen LogP contribution in [0.5, 0.6) is 5.75 Å². The number of Topliss-reactive ketones (excluding diaryl/α,β-unsaturated/α-hetero) is 1. The second kappa shape index (κ2) is 5.21. The van der Waals surface area contributed by atoms with Crippen LogP contribution in [0.4, 0.5) is 5.69 Å². The van der Waals surface area contributed by atoms with E-state index in [9.17, 15) is 13.2 Å². The highest BCUT2D eigenvalue weighted by Gasteiger charge is 2.33. The molecule has 104 valence electrons. The lowest BCUT2D eigenvalue weighted by Crippen LogP contribution is -2.39. The number of ether oxygens (including phenoxy) is 1. The van der Waals surface area contributed by atoms with E-state index in [-0.39, 0.29) is 24.5 Å². The summed E-state index contributed by atoms with van der Waals surface area (Å²) in [6.45, 7) is 2.00. The van der Waals surface area contributed by atoms with Crippen molar-refractivity contribution in [1.82, 2.24) is 0 Å². The van der Waals surface area contributed by atoms with Crippen LogP contribution < -0.4 is 9.04 Å². The van der Waals surface area contributed by atoms with Gasteiger partial charge in [0.15, 0.2) is 5.78 Å². The maximum absolute atomic E-state index is 12.3. The third kappa shape index (κ3) is 2.45. The Morgan fingerprint density at radius 2 is 2.11 bits per heavy atom. The van der Waals surface area contributed by atoms with Crippen LogP contribution in [0.25, 0.3) is 0 Å². The lowest BCUT2D eigenvalue weighted by Gasteiger charge is -2.30. The van der Waals surface area contributed by atoms with Crippen LogP contribution in [0.2, 0.25) is 0 Å². The van der Waals surface area contributed by atoms with Crippen molar-refractivity contribution in [2.75, 3.05) is 23.7 Å². The fourth-order valence-corrected chi connectivity index (χ4v) is 3.84. The average Bonchev–Trinajstić information content (AvgIpc) is 2.38. The molecule has 0 aliphatic carbocycles. The SMILES string of the molecule is CCCS(=O)(=O)N1CCC(=O)c2cccc(OC)c21. The summed E-state index contributed by atoms with van der Waals surface area (Å²) in [5.41, 5.74) is 0.806. The molecule has 1 heterocycles. The number of fused-ring (bicyclic) bond motifs is 1. The summed E-state index contributed by atoms with van der Waals surface area (Å²) in [6, 6.07) is 5.02. The summed E-state index contributed by atoms with van der Waals surface area (Å²) < 4.78 is 31.1. The molecule has 1 aliphatic heterocycles. The van der Waals surface area contributed by atoms with Crippen molar-refractivity contribution in [3.8, 4) is 5.75 Å². The first-order valence-electron chi connectivity index (χ1n) is 6.22. The van der Waals surface area contributed by atoms with Gasteiger partial charge in [-0.05, 0) is 18.6 Å². The molecule has 2 rings (SSSR count). The number of sulfonamides is 1. The van der Waals surface area contributed by atoms with E-state index in [4.69, 9.17) is 4.74 Å². The molecule has 0 aromatic heterocycles. The van der Waals surface area contributed by atoms with Crippen molar-refractivity contribution in [3.05, 3.63) is 23.8 Å². The second-order valence-corrected chi connectivity index (χ2v) is 6.43. The third-order valence-electron chi connectivity index (χ3n) is 3.11. The first-order chi connectivity index (χ1) is 9.01. The van der Waals surface area contributed by atoms with Gasteiger partial charge >= 0.3 is 0 Å². The predicted molar refractivity (Wildman–Crippen MR) is 73.4 cm³/mol. The van der Waals surface area contributed by atoms with Crippen LogP contribution in [-0.4, -0.2) is 33.6 Å². The lowest BCUT2D eigenvalue weighted by atomic mass is 10.0. The van der Waals surface area contributed by atoms with E-state index in [0.717, 1.165) is 0 Å². The summed E-state index contributed by atoms with van der Waals surface area (Å²) >= 11 is 0. The van der Waals surface area contributed by atoms with Gasteiger partial charge in [0, 0.05) is 18.5 Å². The molecule has 19 heavy (non-hydrogen) atoms. The number of hydrogen-bond acceptors (Lipinski definition) is 4. The molecule has 0 fully saturated rings. The number of rotatable bonds is 4. The molecular weight excluding hydrogens is 266 g/mol. The van der Waals surface area contributed by atoms with E-state index in [0.29, 0.717) is 23.4 Å². The monoisotopic (exact) mass is 283 g/mol. The topological polar surface area (TPSA) is 63.7 Å². The number of methoxy groups -OCH3 is 1. The zero-order valence-electron chi connectivity index (χ0n) is 11.0. The van der Waals surface area contributed by atoms with Crippen LogP contribution in [0.3, 0.4) is 0 Å². The highest BCUT2D eigenvalue weighted by Crippen LogP contribution is 2.37. The Kier molecular flexibility index (Phi) is 3.80. The van der Waals surface area contributed by atoms with Gasteiger partial charge < -0.3 is 4.74 Å². The molecule has 0 N–H and O–H groups in total. The summed E-state index contributed by atoms with van der Waals surface area (Å²) in [7, 11) is -1.93. The first kappa shape index (κ1) is 13.9. The van der Waals surface area contributed by atoms with Crippen molar-refractivity contribution in [2.24, 2.45) is 0 Å². The van der Waals surface area contributed by atoms with Gasteiger partial charge in [0.25, 0.3) is 0 Å². The Morgan fingerprint density at radius 3 is 2.74 bits per heavy atom. The first-order valence-corrected chi connectivity index (χ1v) is 7.82. The molecule has 5 nitrogen and oxygen atoms in total. The van der Waals surface area contributed by atoms with Gasteiger partial charge in [-0.15, -0.1) is 0 Å². The van der Waals surface area contributed by atoms with Crippen molar-refractivity contribution in [3.63, 3.8) is 0 Å². The van der Waals surface area contributed by atoms with Gasteiger partial charge in [-0.2, -0.15) is 0 Å². The molecule has 0 saturated heterocycles. The van der Waals surface area contributed by atoms with Crippen LogP contribution in [0.1, 0.15) is 30.1 Å². The van der Waals surface area contributed by atoms with Gasteiger partial charge in [0.2, 0.25) is 10.0 Å². The zero-order chi connectivity index (χ0) is 14.0. The average molecular weight is 283 g/mol. The Bertz CT molecular complexity index is 595. The van der Waals surface area contributed by atoms with E-state index in [1.807, 2.05) is 6.92 Å². The van der Waals surface area contributed by atoms with E-state index >= 15 is 0 Å². The molecule has 0 atom stereocenters. The Morgan fingerprint density at radius 1 is 1.37 bits per heavy atom. The molecule has 0 radical (unpaired) electrons. The van der Waals surface area contributed by atoms with Crippen LogP contribution >= 0.6 is 0 Å². The molecule has 0 amide bonds. The van der Waals surface area contributed by atoms with Crippen LogP contribution in [0.15, 0.2) is 18.2 Å². The number of carbonyl (C=O) groups is 1. The Balaban J connectivity index is 2.59. The summed E-state index contributed by atoms with van der Waals surface area (Å²) in [6.07, 6.45) is 0.750. The molecule has 1 aliphatic rings. The third-order valence-corrected chi connectivity index (χ3v) is 5.07. The Labute approximate surface area is 113 Å². The molecule has 0 bridgehead atoms. The predicted octanol–water partition coefficient (Wildman–Crippen LogP) is 1.83. The lowest BCUT2D eigenvalue weighted by molar-refractivity contribution is 0.0981. The summed E-state index contributed by atoms with van der Waals surface area (Å²) in [4.78, 5) is 11.9. The molecule has 1 aromatic carbocycles. The fourth-order valence-electron chi connectivity index (χ4n) is 2.27. The van der Waals surface area contributed by atoms with Gasteiger partial charge in [-0.1, -0.05) is 13.0 Å². The zero-order valence-corrected chi connectivity index (χ0v) is 11.9. The molecular formula is C13H17NO4S. The summed E-state index contributed by atoms with van der Waals surface area (Å²) in [5, 5.41) is 0. The van der Waals surface area contributed by atoms with E-state index in [2.05, 4.69) is 0 Å². The number of ketones is 1. The molecule has 0 saturated carbocycles. The minimum absolute atomic E-state index is 0.0446. The van der Waals surface area contributed by atoms with E-state index in [1.54, 1.807) is 18.2 Å². The largest absolute Gasteiger partial charge is 0.495 e. The Hall–Kier alpha value is -1.56. The van der Waals surface area contributed by atoms with Crippen molar-refractivity contribution >= 4 is 21.5 Å². The number of hydrogen-bond donors (Lipinski definition) is 0. The van der Waals surface area contributed by atoms with Gasteiger partial charge in [0.1, 0.15) is 11.4 Å². The number of benzene rings is 1. The van der Waals surface area contributed by atoms with E-state index < -0.39 is 10.0 Å². The number of carbonyl (C=O) groups excluding carboxylic acids is 1. The maximum Gasteiger partial charge on any atom is 0.235 e. The normalized spacial score (nSPS) is 15.3. The minimum Gasteiger partial charge on any atom is -0.495 e. The maximum atomic E-state index is 12.3. The highest BCUT2D eigenvalue weighted by molar-refractivity contribution is 7.92. The molecule has 1 aromatic rings. The smallest absolute Gasteiger partial charge is 0.235 e.